The summed E-state index contributed by atoms with van der Waals surface area (Å²) in [6.45, 7) is 6.09. The van der Waals surface area contributed by atoms with Crippen LogP contribution in [-0.2, 0) is 0 Å². The molecule has 1 fully saturated rings. The summed E-state index contributed by atoms with van der Waals surface area (Å²) in [4.78, 5) is 2.43. The van der Waals surface area contributed by atoms with Gasteiger partial charge in [0.15, 0.2) is 0 Å². The Morgan fingerprint density at radius 2 is 1.87 bits per heavy atom. The smallest absolute Gasteiger partial charge is 0.247 e. The molecule has 1 aromatic heterocycles. The lowest BCUT2D eigenvalue weighted by Gasteiger charge is -2.14. The maximum absolute atomic E-state index is 10.2. The Hall–Kier alpha value is -2.51. The van der Waals surface area contributed by atoms with Gasteiger partial charge in [0.2, 0.25) is 11.8 Å². The van der Waals surface area contributed by atoms with Crippen LogP contribution in [0.5, 0.6) is 11.5 Å². The van der Waals surface area contributed by atoms with E-state index in [4.69, 9.17) is 9.15 Å². The molecule has 0 aliphatic carbocycles. The van der Waals surface area contributed by atoms with E-state index in [1.807, 2.05) is 36.4 Å². The van der Waals surface area contributed by atoms with Gasteiger partial charge >= 0.3 is 0 Å². The lowest BCUT2D eigenvalue weighted by Crippen LogP contribution is -2.25. The first-order chi connectivity index (χ1) is 14.7. The number of aromatic nitrogens is 2. The molecule has 1 aliphatic heterocycles. The Balaban J connectivity index is 1.43. The molecule has 3 aromatic rings. The second-order valence-electron chi connectivity index (χ2n) is 7.26. The number of phenolic OH excluding ortho intramolecular Hbond substituents is 1. The standard InChI is InChI=1S/C23H27N3O3S/c1-2-30-21(19-7-3-4-8-20(19)27)23-25-24-22(29-23)17-9-11-18(12-10-17)28-16-15-26-13-5-6-14-26/h3-4,7-12,21,27H,2,5-6,13-16H2,1H3. The Labute approximate surface area is 181 Å². The summed E-state index contributed by atoms with van der Waals surface area (Å²) in [5.74, 6) is 2.89. The molecule has 1 N–H and O–H groups in total. The van der Waals surface area contributed by atoms with Gasteiger partial charge in [-0.25, -0.2) is 0 Å². The van der Waals surface area contributed by atoms with Crippen molar-refractivity contribution in [3.8, 4) is 23.0 Å². The van der Waals surface area contributed by atoms with Crippen molar-refractivity contribution in [2.24, 2.45) is 0 Å². The van der Waals surface area contributed by atoms with E-state index in [9.17, 15) is 5.11 Å². The molecule has 1 aliphatic rings. The lowest BCUT2D eigenvalue weighted by atomic mass is 10.1. The van der Waals surface area contributed by atoms with Crippen molar-refractivity contribution in [3.63, 3.8) is 0 Å². The largest absolute Gasteiger partial charge is 0.508 e. The van der Waals surface area contributed by atoms with Crippen molar-refractivity contribution in [1.82, 2.24) is 15.1 Å². The second kappa shape index (κ2) is 10.00. The van der Waals surface area contributed by atoms with Crippen molar-refractivity contribution in [3.05, 3.63) is 60.0 Å². The third-order valence-corrected chi connectivity index (χ3v) is 6.32. The highest BCUT2D eigenvalue weighted by Crippen LogP contribution is 2.39. The molecule has 1 saturated heterocycles. The number of nitrogens with zero attached hydrogens (tertiary/aromatic N) is 3. The minimum Gasteiger partial charge on any atom is -0.508 e. The summed E-state index contributed by atoms with van der Waals surface area (Å²) in [5.41, 5.74) is 1.62. The van der Waals surface area contributed by atoms with Gasteiger partial charge in [0, 0.05) is 17.7 Å². The third kappa shape index (κ3) is 4.96. The molecule has 0 bridgehead atoms. The number of phenols is 1. The number of ether oxygens (including phenoxy) is 1. The van der Waals surface area contributed by atoms with Crippen molar-refractivity contribution >= 4 is 11.8 Å². The van der Waals surface area contributed by atoms with Gasteiger partial charge in [-0.1, -0.05) is 25.1 Å². The van der Waals surface area contributed by atoms with Gasteiger partial charge in [-0.15, -0.1) is 22.0 Å². The first-order valence-corrected chi connectivity index (χ1v) is 11.5. The van der Waals surface area contributed by atoms with E-state index in [0.29, 0.717) is 18.4 Å². The Morgan fingerprint density at radius 3 is 2.60 bits per heavy atom. The fourth-order valence-corrected chi connectivity index (χ4v) is 4.57. The highest BCUT2D eigenvalue weighted by molar-refractivity contribution is 7.99. The molecule has 6 nitrogen and oxygen atoms in total. The van der Waals surface area contributed by atoms with Crippen LogP contribution in [-0.4, -0.2) is 52.2 Å². The number of hydrogen-bond donors (Lipinski definition) is 1. The predicted octanol–water partition coefficient (Wildman–Crippen LogP) is 4.76. The number of aromatic hydroxyl groups is 1. The van der Waals surface area contributed by atoms with Gasteiger partial charge < -0.3 is 14.3 Å². The van der Waals surface area contributed by atoms with Crippen LogP contribution in [0.2, 0.25) is 0 Å². The monoisotopic (exact) mass is 425 g/mol. The summed E-state index contributed by atoms with van der Waals surface area (Å²) in [7, 11) is 0. The van der Waals surface area contributed by atoms with Gasteiger partial charge in [-0.05, 0) is 62.0 Å². The van der Waals surface area contributed by atoms with Crippen LogP contribution in [0.25, 0.3) is 11.5 Å². The molecule has 7 heteroatoms. The molecule has 4 rings (SSSR count). The second-order valence-corrected chi connectivity index (χ2v) is 8.64. The molecular weight excluding hydrogens is 398 g/mol. The number of rotatable bonds is 9. The maximum Gasteiger partial charge on any atom is 0.247 e. The first kappa shape index (κ1) is 20.8. The fraction of sp³-hybridized carbons (Fsp3) is 0.391. The molecular formula is C23H27N3O3S. The summed E-state index contributed by atoms with van der Waals surface area (Å²) >= 11 is 1.65. The van der Waals surface area contributed by atoms with E-state index >= 15 is 0 Å². The number of para-hydroxylation sites is 1. The van der Waals surface area contributed by atoms with Crippen molar-refractivity contribution in [1.29, 1.82) is 0 Å². The van der Waals surface area contributed by atoms with Crippen LogP contribution >= 0.6 is 11.8 Å². The zero-order valence-corrected chi connectivity index (χ0v) is 18.0. The van der Waals surface area contributed by atoms with Crippen LogP contribution in [0.3, 0.4) is 0 Å². The Morgan fingerprint density at radius 1 is 1.10 bits per heavy atom. The lowest BCUT2D eigenvalue weighted by molar-refractivity contribution is 0.238. The normalized spacial score (nSPS) is 15.4. The summed E-state index contributed by atoms with van der Waals surface area (Å²) < 4.78 is 11.8. The van der Waals surface area contributed by atoms with E-state index in [1.165, 1.54) is 25.9 Å². The average molecular weight is 426 g/mol. The topological polar surface area (TPSA) is 71.6 Å². The molecule has 1 atom stereocenters. The minimum atomic E-state index is -0.203. The highest BCUT2D eigenvalue weighted by atomic mass is 32.2. The molecule has 2 heterocycles. The number of hydrogen-bond acceptors (Lipinski definition) is 7. The van der Waals surface area contributed by atoms with E-state index in [1.54, 1.807) is 23.9 Å². The van der Waals surface area contributed by atoms with Crippen molar-refractivity contribution < 1.29 is 14.3 Å². The quantitative estimate of drug-likeness (QED) is 0.530. The first-order valence-electron chi connectivity index (χ1n) is 10.4. The minimum absolute atomic E-state index is 0.203. The predicted molar refractivity (Wildman–Crippen MR) is 119 cm³/mol. The van der Waals surface area contributed by atoms with Crippen LogP contribution in [0.4, 0.5) is 0 Å². The van der Waals surface area contributed by atoms with Crippen molar-refractivity contribution in [2.75, 3.05) is 32.0 Å². The Bertz CT molecular complexity index is 939. The van der Waals surface area contributed by atoms with Gasteiger partial charge in [0.05, 0.1) is 0 Å². The van der Waals surface area contributed by atoms with Gasteiger partial charge in [-0.3, -0.25) is 4.90 Å². The molecule has 0 spiro atoms. The maximum atomic E-state index is 10.2. The summed E-state index contributed by atoms with van der Waals surface area (Å²) in [6, 6.07) is 15.0. The Kier molecular flexibility index (Phi) is 6.92. The van der Waals surface area contributed by atoms with Crippen LogP contribution in [0.1, 0.15) is 36.5 Å². The number of thioether (sulfide) groups is 1. The molecule has 30 heavy (non-hydrogen) atoms. The van der Waals surface area contributed by atoms with Crippen LogP contribution in [0.15, 0.2) is 52.9 Å². The summed E-state index contributed by atoms with van der Waals surface area (Å²) in [5, 5.41) is 18.5. The summed E-state index contributed by atoms with van der Waals surface area (Å²) in [6.07, 6.45) is 2.59. The van der Waals surface area contributed by atoms with Gasteiger partial charge in [-0.2, -0.15) is 0 Å². The van der Waals surface area contributed by atoms with Crippen molar-refractivity contribution in [2.45, 2.75) is 25.0 Å². The van der Waals surface area contributed by atoms with E-state index in [2.05, 4.69) is 22.0 Å². The van der Waals surface area contributed by atoms with Gasteiger partial charge in [0.1, 0.15) is 23.4 Å². The van der Waals surface area contributed by atoms with Crippen LogP contribution in [0, 0.1) is 0 Å². The highest BCUT2D eigenvalue weighted by Gasteiger charge is 2.24. The number of likely N-dealkylation sites (tertiary alicyclic amines) is 1. The van der Waals surface area contributed by atoms with Crippen LogP contribution < -0.4 is 4.74 Å². The molecule has 0 amide bonds. The zero-order chi connectivity index (χ0) is 20.8. The average Bonchev–Trinajstić information content (AvgIpc) is 3.46. The molecule has 158 valence electrons. The SMILES string of the molecule is CCSC(c1nnc(-c2ccc(OCCN3CCCC3)cc2)o1)c1ccccc1O. The molecule has 2 aromatic carbocycles. The molecule has 0 saturated carbocycles. The zero-order valence-electron chi connectivity index (χ0n) is 17.2. The third-order valence-electron chi connectivity index (χ3n) is 5.19. The van der Waals surface area contributed by atoms with E-state index in [-0.39, 0.29) is 11.0 Å². The number of benzene rings is 2. The van der Waals surface area contributed by atoms with E-state index < -0.39 is 0 Å². The van der Waals surface area contributed by atoms with E-state index in [0.717, 1.165) is 29.2 Å². The molecule has 1 unspecified atom stereocenters. The molecule has 0 radical (unpaired) electrons. The van der Waals surface area contributed by atoms with Gasteiger partial charge in [0.25, 0.3) is 0 Å². The fourth-order valence-electron chi connectivity index (χ4n) is 3.62.